The van der Waals surface area contributed by atoms with Crippen molar-refractivity contribution >= 4 is 5.69 Å². The molecule has 0 spiro atoms. The van der Waals surface area contributed by atoms with E-state index in [1.54, 1.807) is 6.92 Å². The van der Waals surface area contributed by atoms with Gasteiger partial charge in [0.2, 0.25) is 5.89 Å². The summed E-state index contributed by atoms with van der Waals surface area (Å²) < 4.78 is 18.8. The first-order valence-electron chi connectivity index (χ1n) is 5.02. The highest BCUT2D eigenvalue weighted by Crippen LogP contribution is 2.25. The first-order valence-corrected chi connectivity index (χ1v) is 5.02. The molecule has 1 aromatic carbocycles. The molecule has 0 aliphatic carbocycles. The standard InChI is InChI=1S/C10H9FN4O3/c1-5(12)9-13-14-10(18-9)7-3-2-6(15(16)17)4-8(7)11/h2-5H,12H2,1H3. The zero-order valence-electron chi connectivity index (χ0n) is 9.33. The molecule has 0 amide bonds. The molecule has 1 aromatic heterocycles. The molecule has 94 valence electrons. The lowest BCUT2D eigenvalue weighted by molar-refractivity contribution is -0.385. The Balaban J connectivity index is 2.41. The third-order valence-corrected chi connectivity index (χ3v) is 2.22. The molecule has 0 bridgehead atoms. The van der Waals surface area contributed by atoms with E-state index in [1.807, 2.05) is 0 Å². The van der Waals surface area contributed by atoms with Crippen molar-refractivity contribution in [1.29, 1.82) is 0 Å². The second kappa shape index (κ2) is 4.49. The number of nitro benzene ring substituents is 1. The molecular formula is C10H9FN4O3. The second-order valence-electron chi connectivity index (χ2n) is 3.66. The summed E-state index contributed by atoms with van der Waals surface area (Å²) in [6.45, 7) is 1.64. The van der Waals surface area contributed by atoms with Crippen LogP contribution in [0.5, 0.6) is 0 Å². The van der Waals surface area contributed by atoms with Gasteiger partial charge in [-0.3, -0.25) is 10.1 Å². The summed E-state index contributed by atoms with van der Waals surface area (Å²) in [6, 6.07) is 2.71. The van der Waals surface area contributed by atoms with E-state index < -0.39 is 16.8 Å². The number of nitrogens with zero attached hydrogens (tertiary/aromatic N) is 3. The SMILES string of the molecule is CC(N)c1nnc(-c2ccc([N+](=O)[O-])cc2F)o1. The van der Waals surface area contributed by atoms with Gasteiger partial charge in [-0.1, -0.05) is 0 Å². The van der Waals surface area contributed by atoms with Crippen LogP contribution in [0.3, 0.4) is 0 Å². The van der Waals surface area contributed by atoms with Gasteiger partial charge in [-0.05, 0) is 13.0 Å². The lowest BCUT2D eigenvalue weighted by atomic mass is 10.2. The van der Waals surface area contributed by atoms with Crippen LogP contribution in [0.15, 0.2) is 22.6 Å². The molecule has 1 heterocycles. The number of nitro groups is 1. The van der Waals surface area contributed by atoms with E-state index in [4.69, 9.17) is 10.2 Å². The third kappa shape index (κ3) is 2.18. The second-order valence-corrected chi connectivity index (χ2v) is 3.66. The number of nitrogens with two attached hydrogens (primary N) is 1. The number of hydrogen-bond acceptors (Lipinski definition) is 6. The highest BCUT2D eigenvalue weighted by atomic mass is 19.1. The molecule has 7 nitrogen and oxygen atoms in total. The molecule has 1 unspecified atom stereocenters. The number of hydrogen-bond donors (Lipinski definition) is 1. The van der Waals surface area contributed by atoms with Crippen LogP contribution in [0.1, 0.15) is 18.9 Å². The summed E-state index contributed by atoms with van der Waals surface area (Å²) in [4.78, 5) is 9.78. The predicted octanol–water partition coefficient (Wildman–Crippen LogP) is 1.80. The molecule has 8 heteroatoms. The molecule has 0 saturated heterocycles. The molecular weight excluding hydrogens is 243 g/mol. The van der Waals surface area contributed by atoms with Crippen molar-refractivity contribution in [2.75, 3.05) is 0 Å². The van der Waals surface area contributed by atoms with E-state index in [1.165, 1.54) is 6.07 Å². The van der Waals surface area contributed by atoms with Crippen LogP contribution in [0.25, 0.3) is 11.5 Å². The number of rotatable bonds is 3. The van der Waals surface area contributed by atoms with Crippen molar-refractivity contribution in [3.63, 3.8) is 0 Å². The maximum absolute atomic E-state index is 13.6. The van der Waals surface area contributed by atoms with Gasteiger partial charge in [-0.15, -0.1) is 10.2 Å². The number of halogens is 1. The zero-order chi connectivity index (χ0) is 13.3. The lowest BCUT2D eigenvalue weighted by Gasteiger charge is -1.98. The molecule has 18 heavy (non-hydrogen) atoms. The fourth-order valence-electron chi connectivity index (χ4n) is 1.32. The van der Waals surface area contributed by atoms with Gasteiger partial charge >= 0.3 is 0 Å². The third-order valence-electron chi connectivity index (χ3n) is 2.22. The number of non-ortho nitro benzene ring substituents is 1. The van der Waals surface area contributed by atoms with E-state index in [0.29, 0.717) is 0 Å². The maximum atomic E-state index is 13.6. The Morgan fingerprint density at radius 3 is 2.72 bits per heavy atom. The molecule has 0 saturated carbocycles. The van der Waals surface area contributed by atoms with Gasteiger partial charge in [0.1, 0.15) is 5.82 Å². The first kappa shape index (κ1) is 12.1. The van der Waals surface area contributed by atoms with Gasteiger partial charge < -0.3 is 10.2 Å². The fraction of sp³-hybridized carbons (Fsp3) is 0.200. The van der Waals surface area contributed by atoms with Gasteiger partial charge in [0.25, 0.3) is 11.6 Å². The van der Waals surface area contributed by atoms with Crippen LogP contribution < -0.4 is 5.73 Å². The summed E-state index contributed by atoms with van der Waals surface area (Å²) >= 11 is 0. The highest BCUT2D eigenvalue weighted by Gasteiger charge is 2.17. The van der Waals surface area contributed by atoms with Crippen LogP contribution in [0.2, 0.25) is 0 Å². The molecule has 2 aromatic rings. The number of aromatic nitrogens is 2. The average Bonchev–Trinajstić information content (AvgIpc) is 2.78. The van der Waals surface area contributed by atoms with Crippen molar-refractivity contribution < 1.29 is 13.7 Å². The molecule has 0 aliphatic heterocycles. The van der Waals surface area contributed by atoms with Crippen LogP contribution in [-0.2, 0) is 0 Å². The van der Waals surface area contributed by atoms with Crippen LogP contribution in [0, 0.1) is 15.9 Å². The first-order chi connectivity index (χ1) is 8.49. The van der Waals surface area contributed by atoms with Crippen molar-refractivity contribution in [3.8, 4) is 11.5 Å². The fourth-order valence-corrected chi connectivity index (χ4v) is 1.32. The molecule has 0 aliphatic rings. The highest BCUT2D eigenvalue weighted by molar-refractivity contribution is 5.56. The Kier molecular flexibility index (Phi) is 3.02. The van der Waals surface area contributed by atoms with E-state index in [2.05, 4.69) is 10.2 Å². The van der Waals surface area contributed by atoms with Crippen LogP contribution >= 0.6 is 0 Å². The van der Waals surface area contributed by atoms with Gasteiger partial charge in [0.15, 0.2) is 0 Å². The van der Waals surface area contributed by atoms with Gasteiger partial charge in [0.05, 0.1) is 22.6 Å². The Morgan fingerprint density at radius 1 is 1.50 bits per heavy atom. The number of benzene rings is 1. The average molecular weight is 252 g/mol. The van der Waals surface area contributed by atoms with Gasteiger partial charge in [-0.25, -0.2) is 4.39 Å². The maximum Gasteiger partial charge on any atom is 0.272 e. The van der Waals surface area contributed by atoms with Crippen LogP contribution in [0.4, 0.5) is 10.1 Å². The Hall–Kier alpha value is -2.35. The van der Waals surface area contributed by atoms with Gasteiger partial charge in [0, 0.05) is 6.07 Å². The van der Waals surface area contributed by atoms with Crippen molar-refractivity contribution in [1.82, 2.24) is 10.2 Å². The van der Waals surface area contributed by atoms with E-state index in [0.717, 1.165) is 12.1 Å². The Morgan fingerprint density at radius 2 is 2.22 bits per heavy atom. The van der Waals surface area contributed by atoms with Crippen molar-refractivity contribution in [2.24, 2.45) is 5.73 Å². The molecule has 0 radical (unpaired) electrons. The molecule has 1 atom stereocenters. The van der Waals surface area contributed by atoms with Crippen molar-refractivity contribution in [3.05, 3.63) is 40.0 Å². The quantitative estimate of drug-likeness (QED) is 0.659. The summed E-state index contributed by atoms with van der Waals surface area (Å²) in [5, 5.41) is 17.8. The van der Waals surface area contributed by atoms with E-state index in [9.17, 15) is 14.5 Å². The predicted molar refractivity (Wildman–Crippen MR) is 58.9 cm³/mol. The monoisotopic (exact) mass is 252 g/mol. The minimum atomic E-state index is -0.802. The smallest absolute Gasteiger partial charge is 0.272 e. The van der Waals surface area contributed by atoms with E-state index in [-0.39, 0.29) is 23.0 Å². The lowest BCUT2D eigenvalue weighted by Crippen LogP contribution is -2.04. The van der Waals surface area contributed by atoms with Crippen LogP contribution in [-0.4, -0.2) is 15.1 Å². The summed E-state index contributed by atoms with van der Waals surface area (Å²) in [7, 11) is 0. The molecule has 2 rings (SSSR count). The normalized spacial score (nSPS) is 12.4. The molecule has 0 fully saturated rings. The molecule has 2 N–H and O–H groups in total. The van der Waals surface area contributed by atoms with Crippen molar-refractivity contribution in [2.45, 2.75) is 13.0 Å². The zero-order valence-corrected chi connectivity index (χ0v) is 9.33. The summed E-state index contributed by atoms with van der Waals surface area (Å²) in [5.74, 6) is -0.693. The van der Waals surface area contributed by atoms with Gasteiger partial charge in [-0.2, -0.15) is 0 Å². The summed E-state index contributed by atoms with van der Waals surface area (Å²) in [5.41, 5.74) is 5.18. The topological polar surface area (TPSA) is 108 Å². The Labute approximate surface area is 101 Å². The minimum Gasteiger partial charge on any atom is -0.419 e. The summed E-state index contributed by atoms with van der Waals surface area (Å²) in [6.07, 6.45) is 0. The Bertz CT molecular complexity index is 597. The minimum absolute atomic E-state index is 0.000000000000000222. The largest absolute Gasteiger partial charge is 0.419 e. The van der Waals surface area contributed by atoms with E-state index >= 15 is 0 Å².